The first kappa shape index (κ1) is 13.0. The van der Waals surface area contributed by atoms with Crippen LogP contribution < -0.4 is 11.1 Å². The summed E-state index contributed by atoms with van der Waals surface area (Å²) in [7, 11) is 1.49. The molecule has 5 nitrogen and oxygen atoms in total. The van der Waals surface area contributed by atoms with E-state index in [1.165, 1.54) is 14.0 Å². The van der Waals surface area contributed by atoms with Crippen molar-refractivity contribution in [3.05, 3.63) is 29.8 Å². The Morgan fingerprint density at radius 3 is 2.76 bits per heavy atom. The molecule has 5 heteroatoms. The molecule has 92 valence electrons. The molecule has 0 bridgehead atoms. The van der Waals surface area contributed by atoms with Crippen LogP contribution in [0, 0.1) is 0 Å². The van der Waals surface area contributed by atoms with Crippen molar-refractivity contribution in [3.8, 4) is 0 Å². The molecule has 0 aliphatic rings. The maximum atomic E-state index is 11.5. The standard InChI is InChI=1S/C12H16N2O3/c1-8(12(16)14-2)17-11(15)7-9-4-3-5-10(13)6-9/h3-6,8H,7,13H2,1-2H3,(H,14,16). The van der Waals surface area contributed by atoms with E-state index in [-0.39, 0.29) is 12.3 Å². The first-order chi connectivity index (χ1) is 8.02. The third-order valence-electron chi connectivity index (χ3n) is 2.22. The number of nitrogens with one attached hydrogen (secondary N) is 1. The molecule has 17 heavy (non-hydrogen) atoms. The fourth-order valence-corrected chi connectivity index (χ4v) is 1.37. The van der Waals surface area contributed by atoms with Crippen LogP contribution >= 0.6 is 0 Å². The molecule has 1 aromatic rings. The smallest absolute Gasteiger partial charge is 0.311 e. The van der Waals surface area contributed by atoms with Gasteiger partial charge in [0.05, 0.1) is 6.42 Å². The van der Waals surface area contributed by atoms with E-state index in [1.807, 2.05) is 0 Å². The topological polar surface area (TPSA) is 81.4 Å². The summed E-state index contributed by atoms with van der Waals surface area (Å²) in [6.07, 6.45) is -0.680. The number of hydrogen-bond acceptors (Lipinski definition) is 4. The molecule has 0 heterocycles. The summed E-state index contributed by atoms with van der Waals surface area (Å²) in [4.78, 5) is 22.7. The summed E-state index contributed by atoms with van der Waals surface area (Å²) in [5.41, 5.74) is 6.94. The number of rotatable bonds is 4. The zero-order chi connectivity index (χ0) is 12.8. The number of nitrogens with two attached hydrogens (primary N) is 1. The normalized spacial score (nSPS) is 11.6. The van der Waals surface area contributed by atoms with Gasteiger partial charge in [-0.1, -0.05) is 12.1 Å². The van der Waals surface area contributed by atoms with Crippen LogP contribution in [-0.4, -0.2) is 25.0 Å². The first-order valence-corrected chi connectivity index (χ1v) is 5.28. The molecule has 0 saturated carbocycles. The van der Waals surface area contributed by atoms with Gasteiger partial charge < -0.3 is 15.8 Å². The molecule has 0 fully saturated rings. The Kier molecular flexibility index (Phi) is 4.51. The fraction of sp³-hybridized carbons (Fsp3) is 0.333. The van der Waals surface area contributed by atoms with E-state index in [0.717, 1.165) is 5.56 Å². The van der Waals surface area contributed by atoms with E-state index in [2.05, 4.69) is 5.32 Å². The summed E-state index contributed by atoms with van der Waals surface area (Å²) < 4.78 is 4.96. The highest BCUT2D eigenvalue weighted by atomic mass is 16.5. The third kappa shape index (κ3) is 4.14. The number of hydrogen-bond donors (Lipinski definition) is 2. The molecule has 0 aliphatic heterocycles. The Morgan fingerprint density at radius 2 is 2.18 bits per heavy atom. The van der Waals surface area contributed by atoms with Crippen LogP contribution in [0.3, 0.4) is 0 Å². The minimum Gasteiger partial charge on any atom is -0.452 e. The van der Waals surface area contributed by atoms with Gasteiger partial charge in [0.15, 0.2) is 6.10 Å². The van der Waals surface area contributed by atoms with Crippen LogP contribution in [0.15, 0.2) is 24.3 Å². The molecule has 3 N–H and O–H groups in total. The number of carbonyl (C=O) groups excluding carboxylic acids is 2. The summed E-state index contributed by atoms with van der Waals surface area (Å²) in [6, 6.07) is 6.98. The minimum absolute atomic E-state index is 0.104. The second-order valence-electron chi connectivity index (χ2n) is 3.67. The molecule has 0 aliphatic carbocycles. The zero-order valence-electron chi connectivity index (χ0n) is 9.90. The maximum absolute atomic E-state index is 11.5. The van der Waals surface area contributed by atoms with Gasteiger partial charge in [0, 0.05) is 12.7 Å². The van der Waals surface area contributed by atoms with Crippen molar-refractivity contribution < 1.29 is 14.3 Å². The lowest BCUT2D eigenvalue weighted by Gasteiger charge is -2.11. The van der Waals surface area contributed by atoms with E-state index in [9.17, 15) is 9.59 Å². The second kappa shape index (κ2) is 5.89. The Bertz CT molecular complexity index is 418. The number of likely N-dealkylation sites (N-methyl/N-ethyl adjacent to an activating group) is 1. The number of ether oxygens (including phenoxy) is 1. The fourth-order valence-electron chi connectivity index (χ4n) is 1.37. The monoisotopic (exact) mass is 236 g/mol. The predicted octanol–water partition coefficient (Wildman–Crippen LogP) is 0.489. The lowest BCUT2D eigenvalue weighted by molar-refractivity contribution is -0.154. The molecule has 1 unspecified atom stereocenters. The largest absolute Gasteiger partial charge is 0.452 e. The summed E-state index contributed by atoms with van der Waals surface area (Å²) in [6.45, 7) is 1.52. The summed E-state index contributed by atoms with van der Waals surface area (Å²) in [5, 5.41) is 2.41. The molecule has 1 rings (SSSR count). The van der Waals surface area contributed by atoms with E-state index in [1.54, 1.807) is 24.3 Å². The molecule has 0 radical (unpaired) electrons. The number of carbonyl (C=O) groups is 2. The van der Waals surface area contributed by atoms with Crippen molar-refractivity contribution >= 4 is 17.6 Å². The van der Waals surface area contributed by atoms with Crippen molar-refractivity contribution in [2.24, 2.45) is 0 Å². The van der Waals surface area contributed by atoms with Crippen LogP contribution in [0.2, 0.25) is 0 Å². The van der Waals surface area contributed by atoms with Crippen molar-refractivity contribution in [3.63, 3.8) is 0 Å². The third-order valence-corrected chi connectivity index (χ3v) is 2.22. The van der Waals surface area contributed by atoms with Gasteiger partial charge in [-0.25, -0.2) is 0 Å². The highest BCUT2D eigenvalue weighted by molar-refractivity contribution is 5.83. The van der Waals surface area contributed by atoms with Crippen LogP contribution in [0.4, 0.5) is 5.69 Å². The number of anilines is 1. The molecular formula is C12H16N2O3. The van der Waals surface area contributed by atoms with Gasteiger partial charge in [0.2, 0.25) is 0 Å². The number of esters is 1. The van der Waals surface area contributed by atoms with Gasteiger partial charge in [-0.2, -0.15) is 0 Å². The molecule has 0 saturated heterocycles. The van der Waals surface area contributed by atoms with Crippen molar-refractivity contribution in [2.45, 2.75) is 19.4 Å². The van der Waals surface area contributed by atoms with Crippen LogP contribution in [0.1, 0.15) is 12.5 Å². The van der Waals surface area contributed by atoms with Gasteiger partial charge in [-0.15, -0.1) is 0 Å². The molecular weight excluding hydrogens is 220 g/mol. The van der Waals surface area contributed by atoms with Gasteiger partial charge >= 0.3 is 5.97 Å². The average Bonchev–Trinajstić information content (AvgIpc) is 2.27. The molecule has 1 atom stereocenters. The van der Waals surface area contributed by atoms with Gasteiger partial charge in [-0.05, 0) is 24.6 Å². The van der Waals surface area contributed by atoms with Gasteiger partial charge in [0.25, 0.3) is 5.91 Å². The predicted molar refractivity (Wildman–Crippen MR) is 64.2 cm³/mol. The van der Waals surface area contributed by atoms with E-state index >= 15 is 0 Å². The molecule has 0 spiro atoms. The van der Waals surface area contributed by atoms with Gasteiger partial charge in [0.1, 0.15) is 0 Å². The Morgan fingerprint density at radius 1 is 1.47 bits per heavy atom. The van der Waals surface area contributed by atoms with E-state index in [4.69, 9.17) is 10.5 Å². The summed E-state index contributed by atoms with van der Waals surface area (Å²) in [5.74, 6) is -0.780. The van der Waals surface area contributed by atoms with Crippen LogP contribution in [0.5, 0.6) is 0 Å². The van der Waals surface area contributed by atoms with Crippen molar-refractivity contribution in [2.75, 3.05) is 12.8 Å². The number of benzene rings is 1. The number of amides is 1. The highest BCUT2D eigenvalue weighted by Gasteiger charge is 2.16. The number of nitrogen functional groups attached to an aromatic ring is 1. The van der Waals surface area contributed by atoms with Gasteiger partial charge in [-0.3, -0.25) is 9.59 Å². The Balaban J connectivity index is 2.53. The minimum atomic E-state index is -0.784. The lowest BCUT2D eigenvalue weighted by atomic mass is 10.1. The van der Waals surface area contributed by atoms with E-state index < -0.39 is 12.1 Å². The lowest BCUT2D eigenvalue weighted by Crippen LogP contribution is -2.33. The maximum Gasteiger partial charge on any atom is 0.311 e. The van der Waals surface area contributed by atoms with Crippen molar-refractivity contribution in [1.82, 2.24) is 5.32 Å². The van der Waals surface area contributed by atoms with E-state index in [0.29, 0.717) is 5.69 Å². The highest BCUT2D eigenvalue weighted by Crippen LogP contribution is 2.08. The Hall–Kier alpha value is -2.04. The average molecular weight is 236 g/mol. The summed E-state index contributed by atoms with van der Waals surface area (Å²) >= 11 is 0. The first-order valence-electron chi connectivity index (χ1n) is 5.28. The SMILES string of the molecule is CNC(=O)C(C)OC(=O)Cc1cccc(N)c1. The molecule has 1 aromatic carbocycles. The zero-order valence-corrected chi connectivity index (χ0v) is 9.90. The Labute approximate surface area is 99.9 Å². The molecule has 1 amide bonds. The molecule has 0 aromatic heterocycles. The quantitative estimate of drug-likeness (QED) is 0.589. The second-order valence-corrected chi connectivity index (χ2v) is 3.67. The van der Waals surface area contributed by atoms with Crippen LogP contribution in [-0.2, 0) is 20.7 Å². The van der Waals surface area contributed by atoms with Crippen LogP contribution in [0.25, 0.3) is 0 Å². The van der Waals surface area contributed by atoms with Crippen molar-refractivity contribution in [1.29, 1.82) is 0 Å².